The first-order chi connectivity index (χ1) is 9.79. The lowest BCUT2D eigenvalue weighted by Gasteiger charge is -2.31. The number of esters is 1. The van der Waals surface area contributed by atoms with Gasteiger partial charge in [0.05, 0.1) is 6.26 Å². The SMILES string of the molecule is CS(=O)(=O)N1CCCCC1C(=O)Oc1cc(F)ccc1F. The van der Waals surface area contributed by atoms with E-state index < -0.39 is 39.4 Å². The molecule has 1 aromatic rings. The number of sulfonamides is 1. The quantitative estimate of drug-likeness (QED) is 0.628. The van der Waals surface area contributed by atoms with Crippen LogP contribution in [-0.2, 0) is 14.8 Å². The van der Waals surface area contributed by atoms with Crippen LogP contribution in [0.4, 0.5) is 8.78 Å². The van der Waals surface area contributed by atoms with Gasteiger partial charge in [0.25, 0.3) is 0 Å². The van der Waals surface area contributed by atoms with Crippen LogP contribution in [0.15, 0.2) is 18.2 Å². The Labute approximate surface area is 121 Å². The number of carbonyl (C=O) groups excluding carboxylic acids is 1. The van der Waals surface area contributed by atoms with Crippen molar-refractivity contribution >= 4 is 16.0 Å². The zero-order valence-corrected chi connectivity index (χ0v) is 12.2. The molecule has 0 aromatic heterocycles. The summed E-state index contributed by atoms with van der Waals surface area (Å²) < 4.78 is 55.7. The van der Waals surface area contributed by atoms with Crippen molar-refractivity contribution in [3.63, 3.8) is 0 Å². The van der Waals surface area contributed by atoms with E-state index in [1.807, 2.05) is 0 Å². The maximum atomic E-state index is 13.5. The van der Waals surface area contributed by atoms with Crippen LogP contribution in [-0.4, -0.2) is 37.5 Å². The van der Waals surface area contributed by atoms with Crippen LogP contribution in [0, 0.1) is 11.6 Å². The summed E-state index contributed by atoms with van der Waals surface area (Å²) in [5.41, 5.74) is 0. The fourth-order valence-electron chi connectivity index (χ4n) is 2.27. The number of hydrogen-bond acceptors (Lipinski definition) is 4. The molecule has 0 amide bonds. The minimum absolute atomic E-state index is 0.213. The summed E-state index contributed by atoms with van der Waals surface area (Å²) in [6.07, 6.45) is 2.60. The Morgan fingerprint density at radius 3 is 2.71 bits per heavy atom. The minimum atomic E-state index is -3.57. The maximum absolute atomic E-state index is 13.5. The highest BCUT2D eigenvalue weighted by Gasteiger charge is 2.36. The number of hydrogen-bond donors (Lipinski definition) is 0. The van der Waals surface area contributed by atoms with Crippen LogP contribution in [0.2, 0.25) is 0 Å². The third-order valence-electron chi connectivity index (χ3n) is 3.26. The van der Waals surface area contributed by atoms with Crippen LogP contribution in [0.25, 0.3) is 0 Å². The van der Waals surface area contributed by atoms with E-state index in [1.54, 1.807) is 0 Å². The second-order valence-electron chi connectivity index (χ2n) is 4.88. The minimum Gasteiger partial charge on any atom is -0.422 e. The number of carbonyl (C=O) groups is 1. The van der Waals surface area contributed by atoms with Crippen molar-refractivity contribution < 1.29 is 26.7 Å². The molecule has 1 aromatic carbocycles. The molecule has 5 nitrogen and oxygen atoms in total. The molecule has 0 saturated carbocycles. The number of piperidine rings is 1. The van der Waals surface area contributed by atoms with Gasteiger partial charge in [0.15, 0.2) is 11.6 Å². The van der Waals surface area contributed by atoms with Crippen molar-refractivity contribution in [2.45, 2.75) is 25.3 Å². The van der Waals surface area contributed by atoms with Crippen molar-refractivity contribution in [1.82, 2.24) is 4.31 Å². The van der Waals surface area contributed by atoms with E-state index in [0.29, 0.717) is 19.3 Å². The molecule has 116 valence electrons. The van der Waals surface area contributed by atoms with Gasteiger partial charge >= 0.3 is 5.97 Å². The van der Waals surface area contributed by atoms with Crippen molar-refractivity contribution in [1.29, 1.82) is 0 Å². The van der Waals surface area contributed by atoms with Gasteiger partial charge < -0.3 is 4.74 Å². The van der Waals surface area contributed by atoms with Crippen LogP contribution in [0.5, 0.6) is 5.75 Å². The molecule has 21 heavy (non-hydrogen) atoms. The van der Waals surface area contributed by atoms with E-state index in [1.165, 1.54) is 0 Å². The molecule has 1 fully saturated rings. The average molecular weight is 319 g/mol. The Hall–Kier alpha value is -1.54. The molecule has 1 heterocycles. The summed E-state index contributed by atoms with van der Waals surface area (Å²) >= 11 is 0. The highest BCUT2D eigenvalue weighted by atomic mass is 32.2. The molecule has 1 unspecified atom stereocenters. The molecule has 1 saturated heterocycles. The monoisotopic (exact) mass is 319 g/mol. The van der Waals surface area contributed by atoms with Gasteiger partial charge in [-0.2, -0.15) is 4.31 Å². The Kier molecular flexibility index (Phi) is 4.58. The molecular weight excluding hydrogens is 304 g/mol. The van der Waals surface area contributed by atoms with E-state index >= 15 is 0 Å². The van der Waals surface area contributed by atoms with Crippen molar-refractivity contribution in [3.8, 4) is 5.75 Å². The van der Waals surface area contributed by atoms with Crippen LogP contribution < -0.4 is 4.74 Å². The predicted molar refractivity (Wildman–Crippen MR) is 71.2 cm³/mol. The molecule has 2 rings (SSSR count). The summed E-state index contributed by atoms with van der Waals surface area (Å²) in [6, 6.07) is 1.49. The van der Waals surface area contributed by atoms with Crippen LogP contribution in [0.1, 0.15) is 19.3 Å². The Morgan fingerprint density at radius 2 is 2.05 bits per heavy atom. The first kappa shape index (κ1) is 15.8. The van der Waals surface area contributed by atoms with Gasteiger partial charge in [-0.3, -0.25) is 0 Å². The summed E-state index contributed by atoms with van der Waals surface area (Å²) in [7, 11) is -3.57. The van der Waals surface area contributed by atoms with Gasteiger partial charge in [0.1, 0.15) is 11.9 Å². The molecular formula is C13H15F2NO4S. The first-order valence-electron chi connectivity index (χ1n) is 6.42. The lowest BCUT2D eigenvalue weighted by atomic mass is 10.1. The Morgan fingerprint density at radius 1 is 1.33 bits per heavy atom. The smallest absolute Gasteiger partial charge is 0.329 e. The van der Waals surface area contributed by atoms with Crippen LogP contribution in [0.3, 0.4) is 0 Å². The Bertz CT molecular complexity index is 648. The van der Waals surface area contributed by atoms with E-state index in [4.69, 9.17) is 4.74 Å². The van der Waals surface area contributed by atoms with Crippen molar-refractivity contribution in [2.75, 3.05) is 12.8 Å². The van der Waals surface area contributed by atoms with Crippen molar-refractivity contribution in [2.24, 2.45) is 0 Å². The van der Waals surface area contributed by atoms with Crippen LogP contribution >= 0.6 is 0 Å². The third-order valence-corrected chi connectivity index (χ3v) is 4.54. The summed E-state index contributed by atoms with van der Waals surface area (Å²) in [5.74, 6) is -3.07. The van der Waals surface area contributed by atoms with Crippen molar-refractivity contribution in [3.05, 3.63) is 29.8 Å². The molecule has 0 spiro atoms. The summed E-state index contributed by atoms with van der Waals surface area (Å²) in [4.78, 5) is 12.1. The number of rotatable bonds is 3. The highest BCUT2D eigenvalue weighted by Crippen LogP contribution is 2.24. The van der Waals surface area contributed by atoms with Gasteiger partial charge in [-0.25, -0.2) is 22.0 Å². The first-order valence-corrected chi connectivity index (χ1v) is 8.27. The largest absolute Gasteiger partial charge is 0.422 e. The fraction of sp³-hybridized carbons (Fsp3) is 0.462. The number of halogens is 2. The fourth-order valence-corrected chi connectivity index (χ4v) is 3.38. The molecule has 0 aliphatic carbocycles. The molecule has 1 atom stereocenters. The third kappa shape index (κ3) is 3.76. The average Bonchev–Trinajstić information content (AvgIpc) is 2.42. The molecule has 0 bridgehead atoms. The predicted octanol–water partition coefficient (Wildman–Crippen LogP) is 1.68. The standard InChI is InChI=1S/C13H15F2NO4S/c1-21(18,19)16-7-3-2-4-11(16)13(17)20-12-8-9(14)5-6-10(12)15/h5-6,8,11H,2-4,7H2,1H3. The van der Waals surface area contributed by atoms with Gasteiger partial charge in [-0.1, -0.05) is 0 Å². The second-order valence-corrected chi connectivity index (χ2v) is 6.82. The Balaban J connectivity index is 2.20. The van der Waals surface area contributed by atoms with Gasteiger partial charge in [-0.05, 0) is 31.4 Å². The van der Waals surface area contributed by atoms with Gasteiger partial charge in [0, 0.05) is 12.6 Å². The number of nitrogens with zero attached hydrogens (tertiary/aromatic N) is 1. The molecule has 8 heteroatoms. The molecule has 1 aliphatic heterocycles. The lowest BCUT2D eigenvalue weighted by Crippen LogP contribution is -2.49. The van der Waals surface area contributed by atoms with Gasteiger partial charge in [0.2, 0.25) is 10.0 Å². The lowest BCUT2D eigenvalue weighted by molar-refractivity contribution is -0.139. The van der Waals surface area contributed by atoms with E-state index in [-0.39, 0.29) is 6.54 Å². The summed E-state index contributed by atoms with van der Waals surface area (Å²) in [5, 5.41) is 0. The molecule has 0 N–H and O–H groups in total. The molecule has 1 aliphatic rings. The van der Waals surface area contributed by atoms with E-state index in [0.717, 1.165) is 28.8 Å². The zero-order valence-electron chi connectivity index (χ0n) is 11.4. The maximum Gasteiger partial charge on any atom is 0.329 e. The molecule has 0 radical (unpaired) electrons. The van der Waals surface area contributed by atoms with E-state index in [2.05, 4.69) is 0 Å². The highest BCUT2D eigenvalue weighted by molar-refractivity contribution is 7.88. The second kappa shape index (κ2) is 6.07. The van der Waals surface area contributed by atoms with E-state index in [9.17, 15) is 22.0 Å². The topological polar surface area (TPSA) is 63.7 Å². The summed E-state index contributed by atoms with van der Waals surface area (Å²) in [6.45, 7) is 0.213. The number of benzene rings is 1. The van der Waals surface area contributed by atoms with Gasteiger partial charge in [-0.15, -0.1) is 0 Å². The normalized spacial score (nSPS) is 20.2. The number of ether oxygens (including phenoxy) is 1. The zero-order chi connectivity index (χ0) is 15.6.